The Morgan fingerprint density at radius 3 is 1.60 bits per heavy atom. The second kappa shape index (κ2) is 11.9. The smallest absolute Gasteiger partial charge is 0.252 e. The van der Waals surface area contributed by atoms with Crippen LogP contribution in [0, 0.1) is 6.85 Å². The average Bonchev–Trinajstić information content (AvgIpc) is 3.32. The van der Waals surface area contributed by atoms with Crippen LogP contribution in [0.2, 0.25) is 0 Å². The van der Waals surface area contributed by atoms with Gasteiger partial charge in [0.15, 0.2) is 0 Å². The van der Waals surface area contributed by atoms with Gasteiger partial charge in [0, 0.05) is 38.2 Å². The zero-order valence-corrected chi connectivity index (χ0v) is 37.2. The lowest BCUT2D eigenvalue weighted by Crippen LogP contribution is -2.61. The van der Waals surface area contributed by atoms with E-state index >= 15 is 0 Å². The first-order chi connectivity index (χ1) is 27.6. The Morgan fingerprint density at radius 2 is 1.00 bits per heavy atom. The highest BCUT2D eigenvalue weighted by Crippen LogP contribution is 2.54. The minimum absolute atomic E-state index is 0.0000650. The molecule has 0 aromatic heterocycles. The highest BCUT2D eigenvalue weighted by atomic mass is 15.2. The quantitative estimate of drug-likeness (QED) is 0.162. The summed E-state index contributed by atoms with van der Waals surface area (Å²) in [5, 5.41) is 0. The number of nitrogens with zero attached hydrogens (tertiary/aromatic N) is 2. The molecule has 0 bridgehead atoms. The van der Waals surface area contributed by atoms with Crippen LogP contribution in [0.15, 0.2) is 84.9 Å². The van der Waals surface area contributed by atoms with Crippen LogP contribution in [0.3, 0.4) is 0 Å². The molecule has 294 valence electrons. The summed E-state index contributed by atoms with van der Waals surface area (Å²) >= 11 is 0. The summed E-state index contributed by atoms with van der Waals surface area (Å²) in [6, 6.07) is 32.2. The number of aryl methyl sites for hydroxylation is 1. The fraction of sp³-hybridized carbons (Fsp3) is 0.444. The third-order valence-corrected chi connectivity index (χ3v) is 14.5. The number of anilines is 6. The summed E-state index contributed by atoms with van der Waals surface area (Å²) in [5.74, 6) is 0. The molecule has 5 aromatic carbocycles. The van der Waals surface area contributed by atoms with Crippen molar-refractivity contribution in [3.8, 4) is 0 Å². The van der Waals surface area contributed by atoms with E-state index in [1.165, 1.54) is 49.8 Å². The molecule has 0 saturated heterocycles. The maximum atomic E-state index is 8.97. The van der Waals surface area contributed by atoms with E-state index in [9.17, 15) is 0 Å². The van der Waals surface area contributed by atoms with Gasteiger partial charge in [-0.05, 0) is 162 Å². The molecule has 57 heavy (non-hydrogen) atoms. The van der Waals surface area contributed by atoms with E-state index in [1.54, 1.807) is 0 Å². The molecule has 0 spiro atoms. The molecular weight excluding hydrogens is 687 g/mol. The zero-order chi connectivity index (χ0) is 43.5. The van der Waals surface area contributed by atoms with Crippen molar-refractivity contribution in [3.63, 3.8) is 0 Å². The molecule has 2 aliphatic carbocycles. The molecule has 2 aliphatic heterocycles. The van der Waals surface area contributed by atoms with Crippen molar-refractivity contribution in [2.75, 3.05) is 9.80 Å². The van der Waals surface area contributed by atoms with E-state index in [4.69, 9.17) is 4.11 Å². The predicted molar refractivity (Wildman–Crippen MR) is 249 cm³/mol. The van der Waals surface area contributed by atoms with Crippen molar-refractivity contribution in [1.82, 2.24) is 0 Å². The van der Waals surface area contributed by atoms with Gasteiger partial charge in [0.2, 0.25) is 0 Å². The first kappa shape index (κ1) is 34.8. The van der Waals surface area contributed by atoms with Crippen LogP contribution in [-0.2, 0) is 32.5 Å². The summed E-state index contributed by atoms with van der Waals surface area (Å²) in [6.07, 6.45) is 3.33. The van der Waals surface area contributed by atoms with Gasteiger partial charge in [0.1, 0.15) is 0 Å². The standard InChI is InChI=1S/C54H65BN2/c1-33-26-46-48-47(27-33)57(37-21-22-38-39(29-37)52(10,11)25-24-51(38,8)9)45-31-41-40(53(12,13)32-54(41,14)15)30-43(45)55(48)42-28-35(50(5,6)7)18-23-44(42)56(46)36-19-16-34(17-20-36)49(2,3)4/h16-23,26-31H,24-25,32H2,1-15H3/i1D3. The van der Waals surface area contributed by atoms with Crippen molar-refractivity contribution in [2.45, 2.75) is 156 Å². The summed E-state index contributed by atoms with van der Waals surface area (Å²) in [4.78, 5) is 4.82. The van der Waals surface area contributed by atoms with Crippen molar-refractivity contribution in [2.24, 2.45) is 0 Å². The van der Waals surface area contributed by atoms with E-state index in [0.717, 1.165) is 53.4 Å². The van der Waals surface area contributed by atoms with Crippen molar-refractivity contribution in [3.05, 3.63) is 124 Å². The van der Waals surface area contributed by atoms with Crippen molar-refractivity contribution < 1.29 is 4.11 Å². The van der Waals surface area contributed by atoms with Crippen LogP contribution in [0.4, 0.5) is 34.1 Å². The van der Waals surface area contributed by atoms with E-state index in [-0.39, 0.29) is 39.2 Å². The largest absolute Gasteiger partial charge is 0.311 e. The molecule has 3 heteroatoms. The lowest BCUT2D eigenvalue weighted by Gasteiger charge is -2.46. The highest BCUT2D eigenvalue weighted by molar-refractivity contribution is 7.00. The van der Waals surface area contributed by atoms with Gasteiger partial charge in [-0.15, -0.1) is 0 Å². The summed E-state index contributed by atoms with van der Waals surface area (Å²) in [6.45, 7) is 30.4. The molecule has 0 saturated carbocycles. The third-order valence-electron chi connectivity index (χ3n) is 14.5. The fourth-order valence-corrected chi connectivity index (χ4v) is 11.3. The topological polar surface area (TPSA) is 6.48 Å². The van der Waals surface area contributed by atoms with Crippen LogP contribution in [0.1, 0.15) is 159 Å². The van der Waals surface area contributed by atoms with Gasteiger partial charge in [-0.2, -0.15) is 0 Å². The molecule has 2 nitrogen and oxygen atoms in total. The summed E-state index contributed by atoms with van der Waals surface area (Å²) in [5.41, 5.74) is 18.5. The number of fused-ring (bicyclic) bond motifs is 6. The van der Waals surface area contributed by atoms with Crippen LogP contribution in [0.25, 0.3) is 0 Å². The molecule has 9 rings (SSSR count). The Labute approximate surface area is 349 Å². The van der Waals surface area contributed by atoms with Gasteiger partial charge in [-0.1, -0.05) is 133 Å². The Bertz CT molecular complexity index is 2590. The van der Waals surface area contributed by atoms with E-state index in [0.29, 0.717) is 5.56 Å². The van der Waals surface area contributed by atoms with Crippen LogP contribution in [-0.4, -0.2) is 6.71 Å². The molecule has 0 atom stereocenters. The Morgan fingerprint density at radius 1 is 0.491 bits per heavy atom. The maximum Gasteiger partial charge on any atom is 0.252 e. The monoisotopic (exact) mass is 756 g/mol. The first-order valence-corrected chi connectivity index (χ1v) is 21.5. The second-order valence-electron chi connectivity index (χ2n) is 22.8. The molecule has 0 amide bonds. The predicted octanol–water partition coefficient (Wildman–Crippen LogP) is 13.0. The van der Waals surface area contributed by atoms with Gasteiger partial charge in [-0.25, -0.2) is 0 Å². The second-order valence-corrected chi connectivity index (χ2v) is 22.8. The Balaban J connectivity index is 1.43. The minimum Gasteiger partial charge on any atom is -0.311 e. The molecule has 0 N–H and O–H groups in total. The lowest BCUT2D eigenvalue weighted by molar-refractivity contribution is 0.332. The van der Waals surface area contributed by atoms with Gasteiger partial charge >= 0.3 is 0 Å². The normalized spacial score (nSPS) is 20.4. The molecule has 0 radical (unpaired) electrons. The lowest BCUT2D eigenvalue weighted by atomic mass is 9.33. The van der Waals surface area contributed by atoms with Crippen molar-refractivity contribution >= 4 is 57.2 Å². The molecule has 2 heterocycles. The van der Waals surface area contributed by atoms with Gasteiger partial charge in [-0.3, -0.25) is 0 Å². The maximum absolute atomic E-state index is 8.97. The molecule has 0 unspecified atom stereocenters. The molecule has 4 aliphatic rings. The van der Waals surface area contributed by atoms with Crippen LogP contribution in [0.5, 0.6) is 0 Å². The highest BCUT2D eigenvalue weighted by Gasteiger charge is 2.48. The number of benzene rings is 5. The molecule has 5 aromatic rings. The van der Waals surface area contributed by atoms with E-state index in [2.05, 4.69) is 180 Å². The fourth-order valence-electron chi connectivity index (χ4n) is 11.3. The van der Waals surface area contributed by atoms with Gasteiger partial charge in [0.25, 0.3) is 6.71 Å². The number of hydrogen-bond donors (Lipinski definition) is 0. The molecular formula is C54H65BN2. The first-order valence-electron chi connectivity index (χ1n) is 23.0. The number of hydrogen-bond acceptors (Lipinski definition) is 2. The van der Waals surface area contributed by atoms with Crippen molar-refractivity contribution in [1.29, 1.82) is 0 Å². The average molecular weight is 756 g/mol. The van der Waals surface area contributed by atoms with E-state index < -0.39 is 6.85 Å². The number of rotatable bonds is 2. The SMILES string of the molecule is [2H]C([2H])([2H])c1cc2c3c(c1)N(c1ccc4c(c1)C(C)(C)CCC4(C)C)c1cc4c(cc1B3c1cc(C(C)(C)C)ccc1N2c1ccc(C(C)(C)C)cc1)C(C)(C)CC4(C)C. The third kappa shape index (κ3) is 5.79. The zero-order valence-electron chi connectivity index (χ0n) is 40.2. The van der Waals surface area contributed by atoms with E-state index in [1.807, 2.05) is 12.1 Å². The Hall–Kier alpha value is -4.24. The van der Waals surface area contributed by atoms with Crippen LogP contribution >= 0.6 is 0 Å². The minimum atomic E-state index is -2.32. The summed E-state index contributed by atoms with van der Waals surface area (Å²) in [7, 11) is 0. The Kier molecular flexibility index (Phi) is 7.28. The summed E-state index contributed by atoms with van der Waals surface area (Å²) < 4.78 is 26.9. The van der Waals surface area contributed by atoms with Gasteiger partial charge < -0.3 is 9.80 Å². The van der Waals surface area contributed by atoms with Gasteiger partial charge in [0.05, 0.1) is 0 Å². The van der Waals surface area contributed by atoms with Crippen LogP contribution < -0.4 is 26.2 Å². The molecule has 0 fully saturated rings.